The van der Waals surface area contributed by atoms with Gasteiger partial charge in [-0.15, -0.1) is 0 Å². The van der Waals surface area contributed by atoms with Crippen molar-refractivity contribution in [2.75, 3.05) is 6.61 Å². The predicted molar refractivity (Wildman–Crippen MR) is 96.0 cm³/mol. The Hall–Kier alpha value is -2.85. The van der Waals surface area contributed by atoms with Crippen molar-refractivity contribution < 1.29 is 17.9 Å². The minimum Gasteiger partial charge on any atom is -0.368 e. The van der Waals surface area contributed by atoms with E-state index in [2.05, 4.69) is 6.58 Å². The summed E-state index contributed by atoms with van der Waals surface area (Å²) >= 11 is 0. The van der Waals surface area contributed by atoms with E-state index in [1.54, 1.807) is 30.3 Å². The van der Waals surface area contributed by atoms with Crippen molar-refractivity contribution in [2.45, 2.75) is 6.10 Å². The molecule has 0 aromatic heterocycles. The highest BCUT2D eigenvalue weighted by Gasteiger charge is 2.27. The first-order valence-corrected chi connectivity index (χ1v) is 8.21. The largest absolute Gasteiger partial charge is 0.368 e. The Balaban J connectivity index is 1.66. The molecule has 1 atom stereocenters. The molecule has 0 radical (unpaired) electrons. The Morgan fingerprint density at radius 1 is 0.846 bits per heavy atom. The van der Waals surface area contributed by atoms with E-state index < -0.39 is 11.6 Å². The molecule has 1 aliphatic heterocycles. The Bertz CT molecular complexity index is 989. The molecular weight excluding hydrogens is 337 g/mol. The second-order valence-electron chi connectivity index (χ2n) is 6.17. The van der Waals surface area contributed by atoms with E-state index in [0.29, 0.717) is 23.3 Å². The zero-order valence-corrected chi connectivity index (χ0v) is 13.8. The number of halogens is 3. The summed E-state index contributed by atoms with van der Waals surface area (Å²) in [6.07, 6.45) is 1.14. The summed E-state index contributed by atoms with van der Waals surface area (Å²) in [5.41, 5.74) is 2.91. The van der Waals surface area contributed by atoms with Crippen LogP contribution in [0.5, 0.6) is 0 Å². The van der Waals surface area contributed by atoms with Crippen molar-refractivity contribution in [3.63, 3.8) is 0 Å². The third-order valence-corrected chi connectivity index (χ3v) is 4.54. The monoisotopic (exact) mass is 352 g/mol. The number of benzene rings is 3. The molecule has 3 aromatic rings. The maximum Gasteiger partial charge on any atom is 0.167 e. The number of hydrogen-bond donors (Lipinski definition) is 0. The lowest BCUT2D eigenvalue weighted by Crippen LogP contribution is -1.93. The zero-order valence-electron chi connectivity index (χ0n) is 13.8. The molecule has 1 nitrogen and oxygen atoms in total. The standard InChI is InChI=1S/C22H15F3O/c1-2-13-7-9-17(22(25)21(13)24)15-5-3-14(4-6-15)16-8-10-18(19(23)11-16)20-12-26-20/h2-11,20H,1,12H2. The molecule has 4 rings (SSSR count). The van der Waals surface area contributed by atoms with Crippen LogP contribution in [0.2, 0.25) is 0 Å². The van der Waals surface area contributed by atoms with Gasteiger partial charge in [-0.25, -0.2) is 13.2 Å². The summed E-state index contributed by atoms with van der Waals surface area (Å²) in [5.74, 6) is -2.13. The van der Waals surface area contributed by atoms with Crippen LogP contribution in [0, 0.1) is 17.5 Å². The molecule has 26 heavy (non-hydrogen) atoms. The van der Waals surface area contributed by atoms with E-state index in [4.69, 9.17) is 4.74 Å². The summed E-state index contributed by atoms with van der Waals surface area (Å²) in [7, 11) is 0. The molecule has 0 bridgehead atoms. The van der Waals surface area contributed by atoms with Gasteiger partial charge >= 0.3 is 0 Å². The van der Waals surface area contributed by atoms with Gasteiger partial charge < -0.3 is 4.74 Å². The van der Waals surface area contributed by atoms with Crippen LogP contribution < -0.4 is 0 Å². The van der Waals surface area contributed by atoms with Crippen molar-refractivity contribution in [1.29, 1.82) is 0 Å². The van der Waals surface area contributed by atoms with Crippen LogP contribution in [0.15, 0.2) is 61.2 Å². The molecule has 0 spiro atoms. The molecule has 1 unspecified atom stereocenters. The molecule has 4 heteroatoms. The van der Waals surface area contributed by atoms with Gasteiger partial charge in [-0.05, 0) is 22.8 Å². The van der Waals surface area contributed by atoms with Crippen LogP contribution in [0.25, 0.3) is 28.3 Å². The van der Waals surface area contributed by atoms with E-state index in [1.165, 1.54) is 24.3 Å². The third kappa shape index (κ3) is 2.93. The first kappa shape index (κ1) is 16.6. The first-order chi connectivity index (χ1) is 12.6. The van der Waals surface area contributed by atoms with Crippen LogP contribution >= 0.6 is 0 Å². The highest BCUT2D eigenvalue weighted by atomic mass is 19.2. The summed E-state index contributed by atoms with van der Waals surface area (Å²) in [6, 6.07) is 14.9. The number of hydrogen-bond acceptors (Lipinski definition) is 1. The molecule has 3 aromatic carbocycles. The lowest BCUT2D eigenvalue weighted by atomic mass is 9.98. The Labute approximate surface area is 149 Å². The molecule has 0 amide bonds. The summed E-state index contributed by atoms with van der Waals surface area (Å²) < 4.78 is 47.5. The fourth-order valence-electron chi connectivity index (χ4n) is 2.98. The van der Waals surface area contributed by atoms with Gasteiger partial charge in [0.05, 0.1) is 6.61 Å². The van der Waals surface area contributed by atoms with E-state index in [1.807, 2.05) is 6.07 Å². The number of ether oxygens (including phenoxy) is 1. The SMILES string of the molecule is C=Cc1ccc(-c2ccc(-c3ccc(C4CO4)c(F)c3)cc2)c(F)c1F. The topological polar surface area (TPSA) is 12.5 Å². The van der Waals surface area contributed by atoms with Gasteiger partial charge in [-0.1, -0.05) is 61.2 Å². The van der Waals surface area contributed by atoms with Crippen LogP contribution in [0.3, 0.4) is 0 Å². The normalized spacial score (nSPS) is 15.7. The molecule has 0 aliphatic carbocycles. The average Bonchev–Trinajstić information content (AvgIpc) is 3.49. The predicted octanol–water partition coefficient (Wildman–Crippen LogP) is 6.15. The summed E-state index contributed by atoms with van der Waals surface area (Å²) in [5, 5.41) is 0. The Kier molecular flexibility index (Phi) is 4.13. The fourth-order valence-corrected chi connectivity index (χ4v) is 2.98. The lowest BCUT2D eigenvalue weighted by Gasteiger charge is -2.09. The van der Waals surface area contributed by atoms with Gasteiger partial charge in [-0.3, -0.25) is 0 Å². The highest BCUT2D eigenvalue weighted by molar-refractivity contribution is 5.72. The minimum atomic E-state index is -0.915. The molecule has 1 saturated heterocycles. The second-order valence-corrected chi connectivity index (χ2v) is 6.17. The Morgan fingerprint density at radius 3 is 2.12 bits per heavy atom. The minimum absolute atomic E-state index is 0.123. The van der Waals surface area contributed by atoms with E-state index in [9.17, 15) is 13.2 Å². The zero-order chi connectivity index (χ0) is 18.3. The third-order valence-electron chi connectivity index (χ3n) is 4.54. The van der Waals surface area contributed by atoms with Crippen molar-refractivity contribution >= 4 is 6.08 Å². The van der Waals surface area contributed by atoms with Crippen LogP contribution in [-0.4, -0.2) is 6.61 Å². The van der Waals surface area contributed by atoms with Crippen LogP contribution in [0.1, 0.15) is 17.2 Å². The maximum absolute atomic E-state index is 14.3. The van der Waals surface area contributed by atoms with Gasteiger partial charge in [0.25, 0.3) is 0 Å². The Morgan fingerprint density at radius 2 is 1.50 bits per heavy atom. The molecule has 0 saturated carbocycles. The highest BCUT2D eigenvalue weighted by Crippen LogP contribution is 2.34. The molecule has 1 fully saturated rings. The lowest BCUT2D eigenvalue weighted by molar-refractivity contribution is 0.408. The van der Waals surface area contributed by atoms with Gasteiger partial charge in [0.2, 0.25) is 0 Å². The smallest absolute Gasteiger partial charge is 0.167 e. The summed E-state index contributed by atoms with van der Waals surface area (Å²) in [4.78, 5) is 0. The van der Waals surface area contributed by atoms with E-state index in [-0.39, 0.29) is 23.0 Å². The molecule has 1 heterocycles. The van der Waals surface area contributed by atoms with Gasteiger partial charge in [0, 0.05) is 16.7 Å². The van der Waals surface area contributed by atoms with Crippen molar-refractivity contribution in [1.82, 2.24) is 0 Å². The average molecular weight is 352 g/mol. The second kappa shape index (κ2) is 6.46. The number of rotatable bonds is 4. The van der Waals surface area contributed by atoms with Gasteiger partial charge in [0.15, 0.2) is 11.6 Å². The molecular formula is C22H15F3O. The quantitative estimate of drug-likeness (QED) is 0.513. The van der Waals surface area contributed by atoms with E-state index in [0.717, 1.165) is 5.56 Å². The summed E-state index contributed by atoms with van der Waals surface area (Å²) in [6.45, 7) is 4.02. The van der Waals surface area contributed by atoms with Crippen molar-refractivity contribution in [3.05, 3.63) is 89.8 Å². The van der Waals surface area contributed by atoms with E-state index >= 15 is 0 Å². The van der Waals surface area contributed by atoms with Crippen molar-refractivity contribution in [2.24, 2.45) is 0 Å². The molecule has 1 aliphatic rings. The van der Waals surface area contributed by atoms with Crippen LogP contribution in [0.4, 0.5) is 13.2 Å². The number of epoxide rings is 1. The van der Waals surface area contributed by atoms with Crippen molar-refractivity contribution in [3.8, 4) is 22.3 Å². The first-order valence-electron chi connectivity index (χ1n) is 8.21. The van der Waals surface area contributed by atoms with Gasteiger partial charge in [-0.2, -0.15) is 0 Å². The molecule has 130 valence electrons. The molecule has 0 N–H and O–H groups in total. The van der Waals surface area contributed by atoms with Gasteiger partial charge in [0.1, 0.15) is 11.9 Å². The maximum atomic E-state index is 14.3. The fraction of sp³-hybridized carbons (Fsp3) is 0.0909. The van der Waals surface area contributed by atoms with Crippen LogP contribution in [-0.2, 0) is 4.74 Å².